The van der Waals surface area contributed by atoms with Crippen LogP contribution in [-0.2, 0) is 21.6 Å². The molecule has 2 heterocycles. The van der Waals surface area contributed by atoms with Crippen LogP contribution in [0.15, 0.2) is 42.5 Å². The molecule has 0 aliphatic carbocycles. The third-order valence-electron chi connectivity index (χ3n) is 4.63. The number of aromatic amines is 1. The van der Waals surface area contributed by atoms with E-state index in [2.05, 4.69) is 11.1 Å². The molecule has 0 saturated heterocycles. The summed E-state index contributed by atoms with van der Waals surface area (Å²) in [6.45, 7) is 0.155. The minimum absolute atomic E-state index is 0.135. The maximum absolute atomic E-state index is 14.3. The maximum atomic E-state index is 14.3. The molecule has 6 heteroatoms. The summed E-state index contributed by atoms with van der Waals surface area (Å²) in [6.07, 6.45) is 0.398. The van der Waals surface area contributed by atoms with Crippen molar-refractivity contribution in [3.63, 3.8) is 0 Å². The topological polar surface area (TPSA) is 86.1 Å². The van der Waals surface area contributed by atoms with Gasteiger partial charge in [0, 0.05) is 10.9 Å². The molecule has 0 fully saturated rings. The highest BCUT2D eigenvalue weighted by atomic mass is 19.1. The lowest BCUT2D eigenvalue weighted by Crippen LogP contribution is -2.44. The monoisotopic (exact) mass is 336 g/mol. The van der Waals surface area contributed by atoms with Gasteiger partial charge in [-0.3, -0.25) is 0 Å². The van der Waals surface area contributed by atoms with Crippen molar-refractivity contribution in [2.24, 2.45) is 0 Å². The summed E-state index contributed by atoms with van der Waals surface area (Å²) in [4.78, 5) is 15.1. The van der Waals surface area contributed by atoms with Crippen LogP contribution in [0.25, 0.3) is 10.9 Å². The zero-order valence-electron chi connectivity index (χ0n) is 13.0. The molecule has 0 bridgehead atoms. The summed E-state index contributed by atoms with van der Waals surface area (Å²) >= 11 is 0. The molecule has 1 atom stereocenters. The molecule has 0 amide bonds. The van der Waals surface area contributed by atoms with Crippen LogP contribution < -0.4 is 0 Å². The molecule has 2 N–H and O–H groups in total. The van der Waals surface area contributed by atoms with E-state index in [0.717, 1.165) is 0 Å². The van der Waals surface area contributed by atoms with Crippen molar-refractivity contribution in [3.8, 4) is 6.07 Å². The molecule has 0 saturated carbocycles. The lowest BCUT2D eigenvalue weighted by atomic mass is 9.84. The first-order valence-corrected chi connectivity index (χ1v) is 7.76. The zero-order chi connectivity index (χ0) is 17.6. The van der Waals surface area contributed by atoms with Gasteiger partial charge < -0.3 is 14.8 Å². The number of carboxylic acid groups (broad SMARTS) is 1. The molecule has 5 nitrogen and oxygen atoms in total. The van der Waals surface area contributed by atoms with E-state index >= 15 is 0 Å². The van der Waals surface area contributed by atoms with Gasteiger partial charge in [0.05, 0.1) is 29.5 Å². The smallest absolute Gasteiger partial charge is 0.347 e. The Balaban J connectivity index is 2.12. The van der Waals surface area contributed by atoms with Gasteiger partial charge in [-0.05, 0) is 24.1 Å². The Bertz CT molecular complexity index is 1040. The molecule has 1 aromatic heterocycles. The Morgan fingerprint density at radius 3 is 2.72 bits per heavy atom. The third kappa shape index (κ3) is 2.00. The number of halogens is 1. The van der Waals surface area contributed by atoms with E-state index in [4.69, 9.17) is 4.74 Å². The molecule has 0 radical (unpaired) electrons. The standard InChI is InChI=1S/C19H13FN2O3/c20-14-7-6-11(10-21)15-13-8-9-25-19(18(23)24,17(13)22-16(14)15)12-4-2-1-3-5-12/h1-7,22H,8-9H2,(H,23,24). The molecule has 4 rings (SSSR count). The predicted octanol–water partition coefficient (Wildman–Crippen LogP) is 3.08. The number of aromatic nitrogens is 1. The van der Waals surface area contributed by atoms with Crippen LogP contribution in [0.3, 0.4) is 0 Å². The van der Waals surface area contributed by atoms with Crippen molar-refractivity contribution in [1.82, 2.24) is 4.98 Å². The van der Waals surface area contributed by atoms with E-state index in [0.29, 0.717) is 28.5 Å². The fourth-order valence-corrected chi connectivity index (χ4v) is 3.55. The fourth-order valence-electron chi connectivity index (χ4n) is 3.55. The Morgan fingerprint density at radius 2 is 2.04 bits per heavy atom. The number of hydrogen-bond donors (Lipinski definition) is 2. The number of nitrogens with one attached hydrogen (secondary N) is 1. The summed E-state index contributed by atoms with van der Waals surface area (Å²) in [7, 11) is 0. The number of H-pyrrole nitrogens is 1. The number of aliphatic carboxylic acids is 1. The van der Waals surface area contributed by atoms with Gasteiger partial charge in [-0.2, -0.15) is 5.26 Å². The number of carbonyl (C=O) groups is 1. The second-order valence-corrected chi connectivity index (χ2v) is 5.89. The number of hydrogen-bond acceptors (Lipinski definition) is 3. The lowest BCUT2D eigenvalue weighted by molar-refractivity contribution is -0.163. The van der Waals surface area contributed by atoms with E-state index in [-0.39, 0.29) is 17.8 Å². The number of nitriles is 1. The SMILES string of the molecule is N#Cc1ccc(F)c2[nH]c3c(c12)CCOC3(C(=O)O)c1ccccc1. The molecule has 3 aromatic rings. The predicted molar refractivity (Wildman–Crippen MR) is 87.5 cm³/mol. The Morgan fingerprint density at radius 1 is 1.28 bits per heavy atom. The first-order chi connectivity index (χ1) is 12.1. The number of nitrogens with zero attached hydrogens (tertiary/aromatic N) is 1. The van der Waals surface area contributed by atoms with Crippen LogP contribution in [0, 0.1) is 17.1 Å². The van der Waals surface area contributed by atoms with Crippen LogP contribution >= 0.6 is 0 Å². The van der Waals surface area contributed by atoms with Gasteiger partial charge >= 0.3 is 5.97 Å². The zero-order valence-corrected chi connectivity index (χ0v) is 13.0. The average Bonchev–Trinajstić information content (AvgIpc) is 3.03. The van der Waals surface area contributed by atoms with Gasteiger partial charge in [0.25, 0.3) is 0 Å². The van der Waals surface area contributed by atoms with Crippen molar-refractivity contribution < 1.29 is 19.0 Å². The highest BCUT2D eigenvalue weighted by molar-refractivity contribution is 5.94. The van der Waals surface area contributed by atoms with Gasteiger partial charge in [-0.25, -0.2) is 9.18 Å². The van der Waals surface area contributed by atoms with Gasteiger partial charge in [0.2, 0.25) is 5.60 Å². The third-order valence-corrected chi connectivity index (χ3v) is 4.63. The molecule has 1 aliphatic rings. The second kappa shape index (κ2) is 5.43. The van der Waals surface area contributed by atoms with E-state index in [9.17, 15) is 19.6 Å². The Hall–Kier alpha value is -3.17. The number of carboxylic acids is 1. The fraction of sp³-hybridized carbons (Fsp3) is 0.158. The second-order valence-electron chi connectivity index (χ2n) is 5.89. The van der Waals surface area contributed by atoms with Crippen LogP contribution in [-0.4, -0.2) is 22.7 Å². The summed E-state index contributed by atoms with van der Waals surface area (Å²) < 4.78 is 20.1. The molecular formula is C19H13FN2O3. The maximum Gasteiger partial charge on any atom is 0.347 e. The summed E-state index contributed by atoms with van der Waals surface area (Å²) in [5, 5.41) is 19.8. The number of benzene rings is 2. The van der Waals surface area contributed by atoms with E-state index < -0.39 is 17.4 Å². The van der Waals surface area contributed by atoms with Gasteiger partial charge in [0.1, 0.15) is 5.82 Å². The number of rotatable bonds is 2. The average molecular weight is 336 g/mol. The molecule has 25 heavy (non-hydrogen) atoms. The Labute approximate surface area is 142 Å². The van der Waals surface area contributed by atoms with Crippen LogP contribution in [0.4, 0.5) is 4.39 Å². The highest BCUT2D eigenvalue weighted by Gasteiger charge is 2.49. The highest BCUT2D eigenvalue weighted by Crippen LogP contribution is 2.43. The number of ether oxygens (including phenoxy) is 1. The summed E-state index contributed by atoms with van der Waals surface area (Å²) in [5.74, 6) is -1.72. The molecule has 0 spiro atoms. The first-order valence-electron chi connectivity index (χ1n) is 7.76. The quantitative estimate of drug-likeness (QED) is 0.753. The lowest BCUT2D eigenvalue weighted by Gasteiger charge is -2.34. The molecular weight excluding hydrogens is 323 g/mol. The van der Waals surface area contributed by atoms with Crippen molar-refractivity contribution in [2.75, 3.05) is 6.61 Å². The molecule has 124 valence electrons. The van der Waals surface area contributed by atoms with Gasteiger partial charge in [-0.15, -0.1) is 0 Å². The summed E-state index contributed by atoms with van der Waals surface area (Å²) in [5.41, 5.74) is 0.0123. The van der Waals surface area contributed by atoms with Crippen molar-refractivity contribution in [3.05, 3.63) is 70.7 Å². The first kappa shape index (κ1) is 15.4. The van der Waals surface area contributed by atoms with Crippen LogP contribution in [0.2, 0.25) is 0 Å². The van der Waals surface area contributed by atoms with E-state index in [1.165, 1.54) is 12.1 Å². The van der Waals surface area contributed by atoms with Crippen molar-refractivity contribution in [2.45, 2.75) is 12.0 Å². The summed E-state index contributed by atoms with van der Waals surface area (Å²) in [6, 6.07) is 13.2. The number of fused-ring (bicyclic) bond motifs is 3. The Kier molecular flexibility index (Phi) is 3.34. The van der Waals surface area contributed by atoms with E-state index in [1.54, 1.807) is 30.3 Å². The van der Waals surface area contributed by atoms with Crippen molar-refractivity contribution in [1.29, 1.82) is 5.26 Å². The molecule has 1 unspecified atom stereocenters. The van der Waals surface area contributed by atoms with Gasteiger partial charge in [-0.1, -0.05) is 30.3 Å². The van der Waals surface area contributed by atoms with Crippen LogP contribution in [0.1, 0.15) is 22.4 Å². The minimum Gasteiger partial charge on any atom is -0.479 e. The van der Waals surface area contributed by atoms with Gasteiger partial charge in [0.15, 0.2) is 0 Å². The molecule has 2 aromatic carbocycles. The largest absolute Gasteiger partial charge is 0.479 e. The van der Waals surface area contributed by atoms with E-state index in [1.807, 2.05) is 0 Å². The minimum atomic E-state index is -1.76. The van der Waals surface area contributed by atoms with Crippen molar-refractivity contribution >= 4 is 16.9 Å². The van der Waals surface area contributed by atoms with Crippen LogP contribution in [0.5, 0.6) is 0 Å². The molecule has 1 aliphatic heterocycles. The normalized spacial score (nSPS) is 19.4.